The van der Waals surface area contributed by atoms with Crippen LogP contribution >= 0.6 is 0 Å². The zero-order valence-corrected chi connectivity index (χ0v) is 12.5. The van der Waals surface area contributed by atoms with Gasteiger partial charge in [-0.3, -0.25) is 9.59 Å². The van der Waals surface area contributed by atoms with Crippen molar-refractivity contribution in [3.63, 3.8) is 0 Å². The zero-order chi connectivity index (χ0) is 15.4. The molecule has 1 aliphatic heterocycles. The van der Waals surface area contributed by atoms with Gasteiger partial charge in [-0.15, -0.1) is 0 Å². The molecule has 0 aromatic carbocycles. The molecule has 1 amide bonds. The molecule has 0 bridgehead atoms. The second-order valence-electron chi connectivity index (χ2n) is 5.85. The van der Waals surface area contributed by atoms with E-state index in [1.54, 1.807) is 11.0 Å². The Kier molecular flexibility index (Phi) is 4.98. The Hall–Kier alpha value is -1.85. The molecule has 0 radical (unpaired) electrons. The second-order valence-corrected chi connectivity index (χ2v) is 5.85. The van der Waals surface area contributed by atoms with Crippen molar-refractivity contribution in [2.75, 3.05) is 6.54 Å². The largest absolute Gasteiger partial charge is 0.481 e. The fraction of sp³-hybridized carbons (Fsp3) is 0.667. The lowest BCUT2D eigenvalue weighted by Crippen LogP contribution is -2.44. The molecule has 1 aromatic rings. The highest BCUT2D eigenvalue weighted by Crippen LogP contribution is 2.24. The monoisotopic (exact) mass is 294 g/mol. The number of carboxylic acid groups (broad SMARTS) is 1. The number of hydrogen-bond acceptors (Lipinski definition) is 4. The number of carbonyl (C=O) groups is 2. The van der Waals surface area contributed by atoms with E-state index in [0.29, 0.717) is 24.4 Å². The fourth-order valence-corrected chi connectivity index (χ4v) is 2.67. The molecule has 0 spiro atoms. The molecule has 0 saturated carbocycles. The van der Waals surface area contributed by atoms with Gasteiger partial charge in [0, 0.05) is 31.0 Å². The van der Waals surface area contributed by atoms with Crippen LogP contribution in [0, 0.1) is 0 Å². The molecule has 1 aromatic heterocycles. The van der Waals surface area contributed by atoms with Crippen LogP contribution in [0.3, 0.4) is 0 Å². The van der Waals surface area contributed by atoms with E-state index in [-0.39, 0.29) is 24.3 Å². The van der Waals surface area contributed by atoms with Crippen LogP contribution in [-0.2, 0) is 4.79 Å². The summed E-state index contributed by atoms with van der Waals surface area (Å²) in [4.78, 5) is 25.0. The highest BCUT2D eigenvalue weighted by molar-refractivity contribution is 5.92. The van der Waals surface area contributed by atoms with E-state index in [2.05, 4.69) is 5.16 Å². The Morgan fingerprint density at radius 3 is 2.86 bits per heavy atom. The molecule has 1 fully saturated rings. The first-order valence-corrected chi connectivity index (χ1v) is 7.48. The number of rotatable bonds is 5. The average Bonchev–Trinajstić information content (AvgIpc) is 2.94. The standard InChI is InChI=1S/C15H22N2O4/c1-10(2)13-9-12(16-21-13)15(20)17-8-4-3-5-11(17)6-7-14(18)19/h9-11H,3-8H2,1-2H3,(H,18,19). The SMILES string of the molecule is CC(C)c1cc(C(=O)N2CCCCC2CCC(=O)O)no1. The summed E-state index contributed by atoms with van der Waals surface area (Å²) >= 11 is 0. The van der Waals surface area contributed by atoms with Gasteiger partial charge >= 0.3 is 5.97 Å². The van der Waals surface area contributed by atoms with E-state index >= 15 is 0 Å². The maximum Gasteiger partial charge on any atom is 0.303 e. The van der Waals surface area contributed by atoms with Crippen LogP contribution in [0.4, 0.5) is 0 Å². The number of aliphatic carboxylic acids is 1. The summed E-state index contributed by atoms with van der Waals surface area (Å²) in [5, 5.41) is 12.7. The van der Waals surface area contributed by atoms with Gasteiger partial charge in [0.15, 0.2) is 5.69 Å². The Balaban J connectivity index is 2.08. The van der Waals surface area contributed by atoms with Gasteiger partial charge in [0.25, 0.3) is 5.91 Å². The molecular formula is C15H22N2O4. The molecular weight excluding hydrogens is 272 g/mol. The normalized spacial score (nSPS) is 19.0. The number of amides is 1. The lowest BCUT2D eigenvalue weighted by molar-refractivity contribution is -0.137. The number of likely N-dealkylation sites (tertiary alicyclic amines) is 1. The Bertz CT molecular complexity index is 510. The summed E-state index contributed by atoms with van der Waals surface area (Å²) in [5.41, 5.74) is 0.320. The van der Waals surface area contributed by atoms with Crippen molar-refractivity contribution in [1.82, 2.24) is 10.1 Å². The summed E-state index contributed by atoms with van der Waals surface area (Å²) < 4.78 is 5.18. The lowest BCUT2D eigenvalue weighted by atomic mass is 9.97. The van der Waals surface area contributed by atoms with Crippen LogP contribution in [0.25, 0.3) is 0 Å². The third kappa shape index (κ3) is 3.83. The third-order valence-corrected chi connectivity index (χ3v) is 3.90. The molecule has 1 N–H and O–H groups in total. The molecule has 2 rings (SSSR count). The van der Waals surface area contributed by atoms with E-state index in [4.69, 9.17) is 9.63 Å². The number of nitrogens with zero attached hydrogens (tertiary/aromatic N) is 2. The predicted molar refractivity (Wildman–Crippen MR) is 76.1 cm³/mol. The smallest absolute Gasteiger partial charge is 0.303 e. The van der Waals surface area contributed by atoms with Crippen molar-refractivity contribution in [3.8, 4) is 0 Å². The number of carboxylic acids is 1. The molecule has 1 saturated heterocycles. The Labute approximate surface area is 124 Å². The van der Waals surface area contributed by atoms with E-state index < -0.39 is 5.97 Å². The van der Waals surface area contributed by atoms with Gasteiger partial charge in [0.2, 0.25) is 0 Å². The number of piperidine rings is 1. The Morgan fingerprint density at radius 2 is 2.24 bits per heavy atom. The number of aromatic nitrogens is 1. The molecule has 6 heteroatoms. The van der Waals surface area contributed by atoms with E-state index in [1.165, 1.54) is 0 Å². The van der Waals surface area contributed by atoms with Crippen LogP contribution in [0.15, 0.2) is 10.6 Å². The first kappa shape index (κ1) is 15.5. The molecule has 6 nitrogen and oxygen atoms in total. The maximum atomic E-state index is 12.5. The van der Waals surface area contributed by atoms with Crippen molar-refractivity contribution in [2.24, 2.45) is 0 Å². The van der Waals surface area contributed by atoms with Gasteiger partial charge in [0.1, 0.15) is 5.76 Å². The molecule has 0 aliphatic carbocycles. The van der Waals surface area contributed by atoms with Gasteiger partial charge in [-0.25, -0.2) is 0 Å². The molecule has 116 valence electrons. The fourth-order valence-electron chi connectivity index (χ4n) is 2.67. The zero-order valence-electron chi connectivity index (χ0n) is 12.5. The van der Waals surface area contributed by atoms with Gasteiger partial charge in [0.05, 0.1) is 0 Å². The Morgan fingerprint density at radius 1 is 1.48 bits per heavy atom. The maximum absolute atomic E-state index is 12.5. The molecule has 21 heavy (non-hydrogen) atoms. The van der Waals surface area contributed by atoms with E-state index in [9.17, 15) is 9.59 Å². The minimum atomic E-state index is -0.823. The van der Waals surface area contributed by atoms with Gasteiger partial charge in [-0.2, -0.15) is 0 Å². The van der Waals surface area contributed by atoms with Gasteiger partial charge in [-0.1, -0.05) is 19.0 Å². The molecule has 1 aliphatic rings. The first-order chi connectivity index (χ1) is 9.99. The first-order valence-electron chi connectivity index (χ1n) is 7.48. The minimum absolute atomic E-state index is 0.0125. The van der Waals surface area contributed by atoms with Crippen molar-refractivity contribution in [2.45, 2.75) is 57.9 Å². The van der Waals surface area contributed by atoms with Crippen LogP contribution in [0.5, 0.6) is 0 Å². The molecule has 1 atom stereocenters. The lowest BCUT2D eigenvalue weighted by Gasteiger charge is -2.35. The highest BCUT2D eigenvalue weighted by Gasteiger charge is 2.29. The van der Waals surface area contributed by atoms with E-state index in [0.717, 1.165) is 19.3 Å². The van der Waals surface area contributed by atoms with Crippen LogP contribution in [0.2, 0.25) is 0 Å². The van der Waals surface area contributed by atoms with Crippen LogP contribution in [0.1, 0.15) is 68.1 Å². The van der Waals surface area contributed by atoms with Crippen molar-refractivity contribution in [3.05, 3.63) is 17.5 Å². The van der Waals surface area contributed by atoms with Gasteiger partial charge in [-0.05, 0) is 25.7 Å². The van der Waals surface area contributed by atoms with Crippen molar-refractivity contribution in [1.29, 1.82) is 0 Å². The summed E-state index contributed by atoms with van der Waals surface area (Å²) in [6.07, 6.45) is 3.42. The summed E-state index contributed by atoms with van der Waals surface area (Å²) in [6, 6.07) is 1.68. The van der Waals surface area contributed by atoms with Crippen LogP contribution in [-0.4, -0.2) is 39.6 Å². The molecule has 1 unspecified atom stereocenters. The quantitative estimate of drug-likeness (QED) is 0.902. The van der Waals surface area contributed by atoms with Crippen molar-refractivity contribution >= 4 is 11.9 Å². The summed E-state index contributed by atoms with van der Waals surface area (Å²) in [6.45, 7) is 4.61. The topological polar surface area (TPSA) is 83.6 Å². The van der Waals surface area contributed by atoms with Gasteiger partial charge < -0.3 is 14.5 Å². The predicted octanol–water partition coefficient (Wildman–Crippen LogP) is 2.66. The third-order valence-electron chi connectivity index (χ3n) is 3.90. The second kappa shape index (κ2) is 6.74. The highest BCUT2D eigenvalue weighted by atomic mass is 16.5. The number of carbonyl (C=O) groups excluding carboxylic acids is 1. The molecule has 2 heterocycles. The van der Waals surface area contributed by atoms with Crippen LogP contribution < -0.4 is 0 Å². The van der Waals surface area contributed by atoms with Crippen molar-refractivity contribution < 1.29 is 19.2 Å². The van der Waals surface area contributed by atoms with E-state index in [1.807, 2.05) is 13.8 Å². The minimum Gasteiger partial charge on any atom is -0.481 e. The average molecular weight is 294 g/mol. The number of hydrogen-bond donors (Lipinski definition) is 1. The summed E-state index contributed by atoms with van der Waals surface area (Å²) in [7, 11) is 0. The summed E-state index contributed by atoms with van der Waals surface area (Å²) in [5.74, 6) is -0.0992.